The Balaban J connectivity index is 0. The number of rotatable bonds is 2. The van der Waals surface area contributed by atoms with Crippen LogP contribution in [0.3, 0.4) is 0 Å². The minimum Gasteiger partial charge on any atom is -1.00 e. The molecule has 1 atom stereocenters. The molecule has 1 nitrogen and oxygen atoms in total. The zero-order valence-electron chi connectivity index (χ0n) is 11.3. The Morgan fingerprint density at radius 1 is 1.05 bits per heavy atom. The Morgan fingerprint density at radius 3 is 1.95 bits per heavy atom. The first-order valence-electron chi connectivity index (χ1n) is 5.52. The van der Waals surface area contributed by atoms with Crippen LogP contribution in [-0.2, 0) is 21.7 Å². The van der Waals surface area contributed by atoms with E-state index in [0.717, 1.165) is 11.3 Å². The number of benzene rings is 1. The molecule has 0 spiro atoms. The minimum absolute atomic E-state index is 0. The van der Waals surface area contributed by atoms with Crippen molar-refractivity contribution >= 4 is 23.2 Å². The summed E-state index contributed by atoms with van der Waals surface area (Å²) < 4.78 is 5.90. The molecule has 0 saturated heterocycles. The fraction of sp³-hybridized carbons (Fsp3) is 0.286. The van der Waals surface area contributed by atoms with E-state index < -0.39 is 0 Å². The van der Waals surface area contributed by atoms with Crippen molar-refractivity contribution < 1.29 is 51.3 Å². The molecular weight excluding hydrogens is 374 g/mol. The summed E-state index contributed by atoms with van der Waals surface area (Å²) in [4.78, 5) is 0. The predicted molar refractivity (Wildman–Crippen MR) is 72.7 cm³/mol. The van der Waals surface area contributed by atoms with Crippen molar-refractivity contribution in [1.29, 1.82) is 0 Å². The minimum atomic E-state index is 0. The second-order valence-corrected chi connectivity index (χ2v) is 5.09. The Kier molecular flexibility index (Phi) is 10.7. The predicted octanol–water partition coefficient (Wildman–Crippen LogP) is -0.752. The molecule has 20 heavy (non-hydrogen) atoms. The van der Waals surface area contributed by atoms with E-state index in [2.05, 4.69) is 26.8 Å². The summed E-state index contributed by atoms with van der Waals surface area (Å²) in [6, 6.07) is 5.36. The maximum absolute atomic E-state index is 6.09. The van der Waals surface area contributed by atoms with E-state index in [1.165, 1.54) is 5.57 Å². The molecule has 1 aromatic carbocycles. The Morgan fingerprint density at radius 2 is 1.55 bits per heavy atom. The molecule has 0 N–H and O–H groups in total. The van der Waals surface area contributed by atoms with Gasteiger partial charge in [0.2, 0.25) is 0 Å². The maximum Gasteiger partial charge on any atom is 2.00 e. The topological polar surface area (TPSA) is 9.23 Å². The summed E-state index contributed by atoms with van der Waals surface area (Å²) in [7, 11) is 0. The first-order chi connectivity index (χ1) is 8.00. The third kappa shape index (κ3) is 4.69. The fourth-order valence-electron chi connectivity index (χ4n) is 1.97. The van der Waals surface area contributed by atoms with E-state index in [-0.39, 0.29) is 52.4 Å². The monoisotopic (exact) mass is 386 g/mol. The number of halogens is 4. The number of ether oxygens (including phenoxy) is 1. The van der Waals surface area contributed by atoms with Gasteiger partial charge in [0.05, 0.1) is 10.0 Å². The third-order valence-electron chi connectivity index (χ3n) is 3.01. The van der Waals surface area contributed by atoms with Gasteiger partial charge in [0, 0.05) is 5.92 Å². The summed E-state index contributed by atoms with van der Waals surface area (Å²) in [6.07, 6.45) is 2.18. The molecule has 0 radical (unpaired) electrons. The van der Waals surface area contributed by atoms with Crippen molar-refractivity contribution in [3.8, 4) is 5.75 Å². The van der Waals surface area contributed by atoms with Crippen molar-refractivity contribution in [3.05, 3.63) is 51.2 Å². The zero-order valence-corrected chi connectivity index (χ0v) is 15.9. The number of hydrogen-bond donors (Lipinski definition) is 0. The van der Waals surface area contributed by atoms with Gasteiger partial charge in [-0.15, -0.1) is 0 Å². The van der Waals surface area contributed by atoms with E-state index in [9.17, 15) is 0 Å². The standard InChI is InChI=1S/C14H14Cl2O.2ClH.Ti/c1-8-7-9(2)13(10(8)3)17-14-11(15)5-4-6-12(14)16;;;/h4-7,9H,1-3H3;2*1H;/q;;;+2/p-2. The summed E-state index contributed by atoms with van der Waals surface area (Å²) >= 11 is 12.2. The van der Waals surface area contributed by atoms with Crippen LogP contribution in [0, 0.1) is 5.92 Å². The Bertz CT molecular complexity index is 506. The van der Waals surface area contributed by atoms with Crippen molar-refractivity contribution in [2.24, 2.45) is 5.92 Å². The van der Waals surface area contributed by atoms with Crippen molar-refractivity contribution in [1.82, 2.24) is 0 Å². The molecule has 0 fully saturated rings. The van der Waals surface area contributed by atoms with Gasteiger partial charge >= 0.3 is 21.7 Å². The molecular formula is C14H14Cl4OTi. The van der Waals surface area contributed by atoms with Gasteiger partial charge in [0.25, 0.3) is 0 Å². The molecule has 1 aliphatic carbocycles. The number of para-hydroxylation sites is 1. The Hall–Kier alpha value is 0.374. The van der Waals surface area contributed by atoms with Gasteiger partial charge < -0.3 is 29.6 Å². The van der Waals surface area contributed by atoms with Crippen LogP contribution in [-0.4, -0.2) is 0 Å². The summed E-state index contributed by atoms with van der Waals surface area (Å²) in [5, 5.41) is 1.07. The Labute approximate surface area is 157 Å². The van der Waals surface area contributed by atoms with Gasteiger partial charge in [-0.2, -0.15) is 0 Å². The molecule has 0 aliphatic heterocycles. The molecule has 0 bridgehead atoms. The second-order valence-electron chi connectivity index (χ2n) is 4.28. The third-order valence-corrected chi connectivity index (χ3v) is 3.60. The number of hydrogen-bond acceptors (Lipinski definition) is 1. The van der Waals surface area contributed by atoms with Gasteiger partial charge in [-0.3, -0.25) is 0 Å². The van der Waals surface area contributed by atoms with Gasteiger partial charge in [-0.25, -0.2) is 0 Å². The molecule has 0 heterocycles. The van der Waals surface area contributed by atoms with E-state index in [0.29, 0.717) is 15.8 Å². The molecule has 0 aromatic heterocycles. The van der Waals surface area contributed by atoms with Gasteiger partial charge in [-0.1, -0.05) is 42.3 Å². The van der Waals surface area contributed by atoms with Crippen LogP contribution >= 0.6 is 23.2 Å². The summed E-state index contributed by atoms with van der Waals surface area (Å²) in [5.41, 5.74) is 2.41. The van der Waals surface area contributed by atoms with Crippen LogP contribution in [0.2, 0.25) is 10.0 Å². The van der Waals surface area contributed by atoms with Crippen LogP contribution in [0.25, 0.3) is 0 Å². The molecule has 1 aliphatic rings. The molecule has 2 rings (SSSR count). The average molecular weight is 388 g/mol. The second kappa shape index (κ2) is 9.40. The van der Waals surface area contributed by atoms with E-state index in [1.54, 1.807) is 18.2 Å². The first kappa shape index (κ1) is 22.7. The van der Waals surface area contributed by atoms with E-state index in [4.69, 9.17) is 27.9 Å². The molecule has 6 heteroatoms. The molecule has 108 valence electrons. The normalized spacial score (nSPS) is 16.6. The van der Waals surface area contributed by atoms with Gasteiger partial charge in [0.1, 0.15) is 5.76 Å². The largest absolute Gasteiger partial charge is 2.00 e. The van der Waals surface area contributed by atoms with Crippen molar-refractivity contribution in [3.63, 3.8) is 0 Å². The van der Waals surface area contributed by atoms with E-state index in [1.807, 2.05) is 0 Å². The summed E-state index contributed by atoms with van der Waals surface area (Å²) in [5.74, 6) is 1.74. The molecule has 0 amide bonds. The smallest absolute Gasteiger partial charge is 1.00 e. The van der Waals surface area contributed by atoms with Crippen LogP contribution in [0.15, 0.2) is 41.2 Å². The quantitative estimate of drug-likeness (QED) is 0.607. The SMILES string of the molecule is CC1=CC(C)C(Oc2c(Cl)cccc2Cl)=C1C.[Cl-].[Cl-].[Ti+2]. The zero-order chi connectivity index (χ0) is 12.6. The number of allylic oxidation sites excluding steroid dienone is 3. The fourth-order valence-corrected chi connectivity index (χ4v) is 2.45. The van der Waals surface area contributed by atoms with Crippen LogP contribution in [0.5, 0.6) is 5.75 Å². The summed E-state index contributed by atoms with van der Waals surface area (Å²) in [6.45, 7) is 6.23. The van der Waals surface area contributed by atoms with Crippen LogP contribution < -0.4 is 29.6 Å². The van der Waals surface area contributed by atoms with Crippen LogP contribution in [0.1, 0.15) is 20.8 Å². The van der Waals surface area contributed by atoms with E-state index >= 15 is 0 Å². The van der Waals surface area contributed by atoms with Crippen molar-refractivity contribution in [2.75, 3.05) is 0 Å². The van der Waals surface area contributed by atoms with Crippen LogP contribution in [0.4, 0.5) is 0 Å². The average Bonchev–Trinajstić information content (AvgIpc) is 2.49. The van der Waals surface area contributed by atoms with Gasteiger partial charge in [-0.05, 0) is 37.1 Å². The molecule has 0 saturated carbocycles. The molecule has 1 aromatic rings. The van der Waals surface area contributed by atoms with Gasteiger partial charge in [0.15, 0.2) is 5.75 Å². The first-order valence-corrected chi connectivity index (χ1v) is 6.27. The maximum atomic E-state index is 6.09. The van der Waals surface area contributed by atoms with Crippen molar-refractivity contribution in [2.45, 2.75) is 20.8 Å². The molecule has 1 unspecified atom stereocenters.